The number of carbonyl (C=O) groups excluding carboxylic acids is 2. The van der Waals surface area contributed by atoms with Crippen molar-refractivity contribution in [1.82, 2.24) is 4.90 Å². The van der Waals surface area contributed by atoms with Gasteiger partial charge in [-0.2, -0.15) is 13.2 Å². The van der Waals surface area contributed by atoms with Gasteiger partial charge in [0.1, 0.15) is 5.75 Å². The topological polar surface area (TPSA) is 59.1 Å². The van der Waals surface area contributed by atoms with Crippen LogP contribution in [-0.4, -0.2) is 37.3 Å². The molecule has 10 heteroatoms. The van der Waals surface area contributed by atoms with E-state index in [0.29, 0.717) is 16.2 Å². The van der Waals surface area contributed by atoms with Crippen molar-refractivity contribution in [3.63, 3.8) is 0 Å². The molecule has 2 heterocycles. The second-order valence-corrected chi connectivity index (χ2v) is 9.25. The van der Waals surface area contributed by atoms with Crippen LogP contribution in [0.15, 0.2) is 54.2 Å². The number of alkyl halides is 3. The highest BCUT2D eigenvalue weighted by molar-refractivity contribution is 6.30. The first-order valence-electron chi connectivity index (χ1n) is 10.9. The van der Waals surface area contributed by atoms with E-state index in [2.05, 4.69) is 0 Å². The number of halogens is 4. The fourth-order valence-electron chi connectivity index (χ4n) is 5.15. The van der Waals surface area contributed by atoms with Crippen LogP contribution < -0.4 is 9.64 Å². The van der Waals surface area contributed by atoms with Gasteiger partial charge >= 0.3 is 18.2 Å². The summed E-state index contributed by atoms with van der Waals surface area (Å²) in [7, 11) is 2.62. The van der Waals surface area contributed by atoms with Crippen LogP contribution in [0.4, 0.5) is 23.7 Å². The highest BCUT2D eigenvalue weighted by Gasteiger charge is 2.72. The maximum absolute atomic E-state index is 15.2. The number of urea groups is 1. The molecule has 0 aliphatic carbocycles. The Balaban J connectivity index is 1.97. The third kappa shape index (κ3) is 3.73. The van der Waals surface area contributed by atoms with Gasteiger partial charge in [0.2, 0.25) is 0 Å². The lowest BCUT2D eigenvalue weighted by molar-refractivity contribution is -0.235. The van der Waals surface area contributed by atoms with Crippen molar-refractivity contribution >= 4 is 29.3 Å². The average molecular weight is 509 g/mol. The van der Waals surface area contributed by atoms with Gasteiger partial charge < -0.3 is 9.47 Å². The minimum Gasteiger partial charge on any atom is -0.497 e. The smallest absolute Gasteiger partial charge is 0.417 e. The third-order valence-electron chi connectivity index (χ3n) is 6.55. The molecule has 2 aromatic carbocycles. The molecule has 2 aromatic rings. The third-order valence-corrected chi connectivity index (χ3v) is 6.79. The molecule has 0 fully saturated rings. The SMILES string of the molecule is COC(=O)C1=CN2C(=O)N(Cc3ccc(OC)cc3)c3ccc(Cl)cc3[C@]2(C(F)(F)F)[C@@H]1C(C)C. The molecule has 2 atom stereocenters. The summed E-state index contributed by atoms with van der Waals surface area (Å²) in [6, 6.07) is 10.0. The molecule has 0 saturated heterocycles. The van der Waals surface area contributed by atoms with E-state index in [-0.39, 0.29) is 28.4 Å². The molecule has 2 aliphatic heterocycles. The number of ether oxygens (including phenoxy) is 2. The largest absolute Gasteiger partial charge is 0.497 e. The number of nitrogens with zero attached hydrogens (tertiary/aromatic N) is 2. The predicted molar refractivity (Wildman–Crippen MR) is 124 cm³/mol. The summed E-state index contributed by atoms with van der Waals surface area (Å²) in [4.78, 5) is 28.3. The van der Waals surface area contributed by atoms with Crippen LogP contribution in [0.3, 0.4) is 0 Å². The van der Waals surface area contributed by atoms with Crippen molar-refractivity contribution in [2.24, 2.45) is 11.8 Å². The molecule has 0 unspecified atom stereocenters. The summed E-state index contributed by atoms with van der Waals surface area (Å²) < 4.78 is 55.6. The number of anilines is 1. The van der Waals surface area contributed by atoms with Gasteiger partial charge in [0.15, 0.2) is 5.54 Å². The first-order chi connectivity index (χ1) is 16.5. The monoisotopic (exact) mass is 508 g/mol. The summed E-state index contributed by atoms with van der Waals surface area (Å²) in [5.74, 6) is -2.38. The molecule has 2 aliphatic rings. The molecule has 6 nitrogen and oxygen atoms in total. The van der Waals surface area contributed by atoms with Crippen LogP contribution in [0, 0.1) is 11.8 Å². The van der Waals surface area contributed by atoms with Crippen molar-refractivity contribution in [2.45, 2.75) is 32.1 Å². The Morgan fingerprint density at radius 2 is 1.80 bits per heavy atom. The summed E-state index contributed by atoms with van der Waals surface area (Å²) in [6.07, 6.45) is -3.95. The second kappa shape index (κ2) is 8.78. The Morgan fingerprint density at radius 1 is 1.14 bits per heavy atom. The predicted octanol–water partition coefficient (Wildman–Crippen LogP) is 5.89. The van der Waals surface area contributed by atoms with E-state index in [0.717, 1.165) is 13.3 Å². The zero-order valence-corrected chi connectivity index (χ0v) is 20.3. The lowest BCUT2D eigenvalue weighted by Gasteiger charge is -2.51. The Morgan fingerprint density at radius 3 is 2.34 bits per heavy atom. The number of carbonyl (C=O) groups is 2. The van der Waals surface area contributed by atoms with Gasteiger partial charge in [-0.3, -0.25) is 9.80 Å². The number of amides is 2. The van der Waals surface area contributed by atoms with Gasteiger partial charge in [-0.05, 0) is 41.8 Å². The van der Waals surface area contributed by atoms with Gasteiger partial charge in [-0.1, -0.05) is 37.6 Å². The lowest BCUT2D eigenvalue weighted by Crippen LogP contribution is -2.64. The van der Waals surface area contributed by atoms with Gasteiger partial charge in [-0.25, -0.2) is 9.59 Å². The van der Waals surface area contributed by atoms with E-state index in [1.165, 1.54) is 30.2 Å². The zero-order valence-electron chi connectivity index (χ0n) is 19.5. The molecule has 35 heavy (non-hydrogen) atoms. The Bertz CT molecular complexity index is 1200. The van der Waals surface area contributed by atoms with Crippen LogP contribution in [0.2, 0.25) is 5.02 Å². The number of esters is 1. The fourth-order valence-corrected chi connectivity index (χ4v) is 5.32. The van der Waals surface area contributed by atoms with Crippen LogP contribution in [0.5, 0.6) is 5.75 Å². The highest BCUT2D eigenvalue weighted by atomic mass is 35.5. The van der Waals surface area contributed by atoms with Gasteiger partial charge in [-0.15, -0.1) is 0 Å². The number of rotatable bonds is 5. The maximum Gasteiger partial charge on any atom is 0.417 e. The van der Waals surface area contributed by atoms with E-state index < -0.39 is 35.6 Å². The summed E-state index contributed by atoms with van der Waals surface area (Å²) in [5.41, 5.74) is -2.48. The van der Waals surface area contributed by atoms with Gasteiger partial charge in [0.05, 0.1) is 32.0 Å². The van der Waals surface area contributed by atoms with Crippen LogP contribution in [0.1, 0.15) is 25.0 Å². The average Bonchev–Trinajstić information content (AvgIpc) is 3.20. The second-order valence-electron chi connectivity index (χ2n) is 8.81. The number of fused-ring (bicyclic) bond motifs is 3. The van der Waals surface area contributed by atoms with E-state index in [4.69, 9.17) is 21.1 Å². The van der Waals surface area contributed by atoms with E-state index in [1.54, 1.807) is 38.1 Å². The molecule has 0 radical (unpaired) electrons. The number of methoxy groups -OCH3 is 2. The first kappa shape index (κ1) is 24.9. The van der Waals surface area contributed by atoms with Gasteiger partial charge in [0.25, 0.3) is 0 Å². The Labute approximate surface area is 205 Å². The van der Waals surface area contributed by atoms with E-state index in [9.17, 15) is 9.59 Å². The van der Waals surface area contributed by atoms with Crippen molar-refractivity contribution in [3.05, 3.63) is 70.4 Å². The van der Waals surface area contributed by atoms with Crippen LogP contribution >= 0.6 is 11.6 Å². The Kier molecular flexibility index (Phi) is 6.25. The minimum atomic E-state index is -4.94. The van der Waals surface area contributed by atoms with E-state index in [1.807, 2.05) is 0 Å². The summed E-state index contributed by atoms with van der Waals surface area (Å²) in [5, 5.41) is 0.0834. The zero-order chi connectivity index (χ0) is 25.7. The molecular formula is C25H24ClF3N2O4. The normalized spacial score (nSPS) is 21.6. The molecule has 2 amide bonds. The molecule has 0 N–H and O–H groups in total. The van der Waals surface area contributed by atoms with Crippen molar-refractivity contribution in [3.8, 4) is 5.75 Å². The van der Waals surface area contributed by atoms with Crippen molar-refractivity contribution < 1.29 is 32.2 Å². The molecular weight excluding hydrogens is 485 g/mol. The van der Waals surface area contributed by atoms with Gasteiger partial charge in [0, 0.05) is 22.7 Å². The molecule has 4 rings (SSSR count). The number of benzene rings is 2. The Hall–Kier alpha value is -3.20. The fraction of sp³-hybridized carbons (Fsp3) is 0.360. The summed E-state index contributed by atoms with van der Waals surface area (Å²) in [6.45, 7) is 3.16. The maximum atomic E-state index is 15.2. The standard InChI is InChI=1S/C25H24ClF3N2O4/c1-14(2)21-18(22(32)35-4)13-31-23(33)30(12-15-5-8-17(34-3)9-6-15)20-10-7-16(26)11-19(20)24(21,31)25(27,28)29/h5-11,13-14,21H,12H2,1-4H3/t21-,24-/m1/s1. The number of hydrogen-bond donors (Lipinski definition) is 0. The lowest BCUT2D eigenvalue weighted by atomic mass is 9.69. The number of hydrogen-bond acceptors (Lipinski definition) is 4. The van der Waals surface area contributed by atoms with Crippen molar-refractivity contribution in [1.29, 1.82) is 0 Å². The van der Waals surface area contributed by atoms with E-state index >= 15 is 13.2 Å². The molecule has 0 bridgehead atoms. The summed E-state index contributed by atoms with van der Waals surface area (Å²) >= 11 is 6.20. The minimum absolute atomic E-state index is 0.00433. The molecule has 186 valence electrons. The quantitative estimate of drug-likeness (QED) is 0.472. The first-order valence-corrected chi connectivity index (χ1v) is 11.3. The molecule has 0 spiro atoms. The molecule has 0 aromatic heterocycles. The van der Waals surface area contributed by atoms with Crippen LogP contribution in [-0.2, 0) is 21.6 Å². The van der Waals surface area contributed by atoms with Crippen LogP contribution in [0.25, 0.3) is 0 Å². The highest BCUT2D eigenvalue weighted by Crippen LogP contribution is 2.61. The molecule has 0 saturated carbocycles. The van der Waals surface area contributed by atoms with Crippen molar-refractivity contribution in [2.75, 3.05) is 19.1 Å².